The zero-order valence-corrected chi connectivity index (χ0v) is 14.0. The molecule has 1 aliphatic rings. The van der Waals surface area contributed by atoms with Gasteiger partial charge in [0.15, 0.2) is 18.1 Å². The Morgan fingerprint density at radius 1 is 1.16 bits per heavy atom. The van der Waals surface area contributed by atoms with Crippen LogP contribution in [-0.2, 0) is 9.53 Å². The first-order chi connectivity index (χ1) is 12.1. The van der Waals surface area contributed by atoms with Gasteiger partial charge in [-0.15, -0.1) is 0 Å². The van der Waals surface area contributed by atoms with Gasteiger partial charge >= 0.3 is 5.97 Å². The van der Waals surface area contributed by atoms with Crippen LogP contribution in [0.5, 0.6) is 17.2 Å². The summed E-state index contributed by atoms with van der Waals surface area (Å²) in [4.78, 5) is 24.1. The standard InChI is InChI=1S/C17H14ClNO6/c1-22-13-4-2-10(18)6-12(13)17(21)23-8-16(20)19-11-3-5-14-15(7-11)25-9-24-14/h2-7H,8-9H2,1H3,(H,19,20). The minimum Gasteiger partial charge on any atom is -0.496 e. The molecular weight excluding hydrogens is 350 g/mol. The molecule has 0 radical (unpaired) electrons. The van der Waals surface area contributed by atoms with Gasteiger partial charge in [-0.3, -0.25) is 4.79 Å². The maximum atomic E-state index is 12.1. The van der Waals surface area contributed by atoms with Gasteiger partial charge in [0, 0.05) is 16.8 Å². The summed E-state index contributed by atoms with van der Waals surface area (Å²) in [7, 11) is 1.42. The quantitative estimate of drug-likeness (QED) is 0.822. The van der Waals surface area contributed by atoms with Gasteiger partial charge in [-0.25, -0.2) is 4.79 Å². The molecule has 0 spiro atoms. The number of fused-ring (bicyclic) bond motifs is 1. The molecule has 0 atom stereocenters. The average molecular weight is 364 g/mol. The van der Waals surface area contributed by atoms with Gasteiger partial charge in [0.1, 0.15) is 11.3 Å². The topological polar surface area (TPSA) is 83.1 Å². The van der Waals surface area contributed by atoms with Crippen LogP contribution in [-0.4, -0.2) is 32.4 Å². The van der Waals surface area contributed by atoms with E-state index in [-0.39, 0.29) is 12.4 Å². The van der Waals surface area contributed by atoms with Crippen LogP contribution < -0.4 is 19.5 Å². The van der Waals surface area contributed by atoms with Gasteiger partial charge in [-0.1, -0.05) is 11.6 Å². The fourth-order valence-electron chi connectivity index (χ4n) is 2.22. The van der Waals surface area contributed by atoms with Gasteiger partial charge in [-0.2, -0.15) is 0 Å². The summed E-state index contributed by atoms with van der Waals surface area (Å²) in [5.74, 6) is 0.259. The number of benzene rings is 2. The number of ether oxygens (including phenoxy) is 4. The second-order valence-corrected chi connectivity index (χ2v) is 5.47. The Morgan fingerprint density at radius 2 is 1.96 bits per heavy atom. The summed E-state index contributed by atoms with van der Waals surface area (Å²) < 4.78 is 20.5. The van der Waals surface area contributed by atoms with Crippen LogP contribution in [0.1, 0.15) is 10.4 Å². The maximum Gasteiger partial charge on any atom is 0.342 e. The predicted octanol–water partition coefficient (Wildman–Crippen LogP) is 2.87. The van der Waals surface area contributed by atoms with E-state index in [2.05, 4.69) is 5.32 Å². The first-order valence-electron chi connectivity index (χ1n) is 7.27. The smallest absolute Gasteiger partial charge is 0.342 e. The zero-order valence-electron chi connectivity index (χ0n) is 13.2. The third kappa shape index (κ3) is 3.95. The molecule has 2 aromatic rings. The first-order valence-corrected chi connectivity index (χ1v) is 7.65. The highest BCUT2D eigenvalue weighted by Crippen LogP contribution is 2.34. The highest BCUT2D eigenvalue weighted by molar-refractivity contribution is 6.31. The van der Waals surface area contributed by atoms with Crippen molar-refractivity contribution in [3.63, 3.8) is 0 Å². The Bertz CT molecular complexity index is 823. The third-order valence-corrected chi connectivity index (χ3v) is 3.61. The molecule has 1 heterocycles. The molecular formula is C17H14ClNO6. The van der Waals surface area contributed by atoms with Crippen molar-refractivity contribution >= 4 is 29.2 Å². The monoisotopic (exact) mass is 363 g/mol. The van der Waals surface area contributed by atoms with Crippen LogP contribution in [0.25, 0.3) is 0 Å². The molecule has 0 bridgehead atoms. The van der Waals surface area contributed by atoms with Crippen molar-refractivity contribution in [2.24, 2.45) is 0 Å². The normalized spacial score (nSPS) is 11.8. The van der Waals surface area contributed by atoms with Gasteiger partial charge < -0.3 is 24.3 Å². The Morgan fingerprint density at radius 3 is 2.76 bits per heavy atom. The number of amides is 1. The number of rotatable bonds is 5. The molecule has 130 valence electrons. The molecule has 1 N–H and O–H groups in total. The van der Waals surface area contributed by atoms with E-state index in [0.717, 1.165) is 0 Å². The van der Waals surface area contributed by atoms with E-state index < -0.39 is 18.5 Å². The molecule has 1 amide bonds. The zero-order chi connectivity index (χ0) is 17.8. The maximum absolute atomic E-state index is 12.1. The fraction of sp³-hybridized carbons (Fsp3) is 0.176. The number of esters is 1. The van der Waals surface area contributed by atoms with Gasteiger partial charge in [0.2, 0.25) is 6.79 Å². The minimum absolute atomic E-state index is 0.144. The number of hydrogen-bond donors (Lipinski definition) is 1. The van der Waals surface area contributed by atoms with E-state index in [0.29, 0.717) is 28.0 Å². The Labute approximate surface area is 148 Å². The van der Waals surface area contributed by atoms with Crippen LogP contribution in [0.4, 0.5) is 5.69 Å². The molecule has 0 fully saturated rings. The lowest BCUT2D eigenvalue weighted by atomic mass is 10.2. The van der Waals surface area contributed by atoms with Crippen molar-refractivity contribution in [1.29, 1.82) is 0 Å². The summed E-state index contributed by atoms with van der Waals surface area (Å²) in [6.45, 7) is -0.311. The second-order valence-electron chi connectivity index (χ2n) is 5.04. The van der Waals surface area contributed by atoms with E-state index in [4.69, 9.17) is 30.5 Å². The molecule has 1 aliphatic heterocycles. The van der Waals surface area contributed by atoms with Crippen LogP contribution in [0.2, 0.25) is 5.02 Å². The lowest BCUT2D eigenvalue weighted by molar-refractivity contribution is -0.119. The van der Waals surface area contributed by atoms with E-state index >= 15 is 0 Å². The number of carbonyl (C=O) groups is 2. The van der Waals surface area contributed by atoms with Crippen molar-refractivity contribution in [2.75, 3.05) is 25.8 Å². The fourth-order valence-corrected chi connectivity index (χ4v) is 2.39. The highest BCUT2D eigenvalue weighted by atomic mass is 35.5. The molecule has 0 saturated heterocycles. The highest BCUT2D eigenvalue weighted by Gasteiger charge is 2.17. The van der Waals surface area contributed by atoms with Crippen LogP contribution in [0, 0.1) is 0 Å². The Kier molecular flexibility index (Phi) is 4.95. The van der Waals surface area contributed by atoms with E-state index in [1.165, 1.54) is 13.2 Å². The van der Waals surface area contributed by atoms with Crippen molar-refractivity contribution in [3.05, 3.63) is 47.0 Å². The number of carbonyl (C=O) groups excluding carboxylic acids is 2. The Balaban J connectivity index is 1.59. The average Bonchev–Trinajstić information content (AvgIpc) is 3.07. The van der Waals surface area contributed by atoms with Crippen LogP contribution in [0.3, 0.4) is 0 Å². The van der Waals surface area contributed by atoms with E-state index in [1.54, 1.807) is 30.3 Å². The molecule has 7 nitrogen and oxygen atoms in total. The third-order valence-electron chi connectivity index (χ3n) is 3.37. The van der Waals surface area contributed by atoms with E-state index in [1.807, 2.05) is 0 Å². The van der Waals surface area contributed by atoms with Crippen molar-refractivity contribution in [3.8, 4) is 17.2 Å². The number of nitrogens with one attached hydrogen (secondary N) is 1. The summed E-state index contributed by atoms with van der Waals surface area (Å²) >= 11 is 5.87. The van der Waals surface area contributed by atoms with Crippen molar-refractivity contribution < 1.29 is 28.5 Å². The van der Waals surface area contributed by atoms with Gasteiger partial charge in [0.25, 0.3) is 5.91 Å². The van der Waals surface area contributed by atoms with Crippen molar-refractivity contribution in [2.45, 2.75) is 0 Å². The minimum atomic E-state index is -0.708. The molecule has 8 heteroatoms. The van der Waals surface area contributed by atoms with Gasteiger partial charge in [-0.05, 0) is 30.3 Å². The molecule has 3 rings (SSSR count). The summed E-state index contributed by atoms with van der Waals surface area (Å²) in [6.07, 6.45) is 0. The van der Waals surface area contributed by atoms with E-state index in [9.17, 15) is 9.59 Å². The Hall–Kier alpha value is -2.93. The SMILES string of the molecule is COc1ccc(Cl)cc1C(=O)OCC(=O)Nc1ccc2c(c1)OCO2. The number of anilines is 1. The van der Waals surface area contributed by atoms with Gasteiger partial charge in [0.05, 0.1) is 7.11 Å². The predicted molar refractivity (Wildman–Crippen MR) is 89.5 cm³/mol. The molecule has 2 aromatic carbocycles. The van der Waals surface area contributed by atoms with Crippen LogP contribution >= 0.6 is 11.6 Å². The molecule has 0 aromatic heterocycles. The molecule has 0 unspecified atom stereocenters. The molecule has 0 aliphatic carbocycles. The van der Waals surface area contributed by atoms with Crippen LogP contribution in [0.15, 0.2) is 36.4 Å². The number of halogens is 1. The first kappa shape index (κ1) is 16.9. The summed E-state index contributed by atoms with van der Waals surface area (Å²) in [5.41, 5.74) is 0.650. The second kappa shape index (κ2) is 7.31. The summed E-state index contributed by atoms with van der Waals surface area (Å²) in [5, 5.41) is 2.97. The number of hydrogen-bond acceptors (Lipinski definition) is 6. The number of methoxy groups -OCH3 is 1. The molecule has 25 heavy (non-hydrogen) atoms. The largest absolute Gasteiger partial charge is 0.496 e. The lowest BCUT2D eigenvalue weighted by Gasteiger charge is -2.10. The van der Waals surface area contributed by atoms with Crippen molar-refractivity contribution in [1.82, 2.24) is 0 Å². The lowest BCUT2D eigenvalue weighted by Crippen LogP contribution is -2.21. The molecule has 0 saturated carbocycles. The summed E-state index contributed by atoms with van der Waals surface area (Å²) in [6, 6.07) is 9.52.